The van der Waals surface area contributed by atoms with Gasteiger partial charge in [0.15, 0.2) is 0 Å². The predicted molar refractivity (Wildman–Crippen MR) is 95.0 cm³/mol. The summed E-state index contributed by atoms with van der Waals surface area (Å²) in [6.45, 7) is 0.0229. The first-order valence-corrected chi connectivity index (χ1v) is 9.45. The summed E-state index contributed by atoms with van der Waals surface area (Å²) >= 11 is 0. The molecule has 5 rings (SSSR count). The number of carbonyl (C=O) groups excluding carboxylic acids is 2. The molecule has 0 radical (unpaired) electrons. The molecule has 8 heteroatoms. The molecule has 0 atom stereocenters. The summed E-state index contributed by atoms with van der Waals surface area (Å²) in [5.74, 6) is 1.14. The highest BCUT2D eigenvalue weighted by atomic mass is 16.7. The van der Waals surface area contributed by atoms with Gasteiger partial charge in [-0.15, -0.1) is 0 Å². The van der Waals surface area contributed by atoms with E-state index in [2.05, 4.69) is 10.8 Å². The van der Waals surface area contributed by atoms with Gasteiger partial charge >= 0.3 is 11.8 Å². The van der Waals surface area contributed by atoms with Crippen LogP contribution in [0.3, 0.4) is 0 Å². The largest absolute Gasteiger partial charge is 0.344 e. The first-order chi connectivity index (χ1) is 13.0. The maximum absolute atomic E-state index is 12.2. The van der Waals surface area contributed by atoms with E-state index < -0.39 is 16.7 Å². The van der Waals surface area contributed by atoms with E-state index in [1.54, 1.807) is 12.1 Å². The summed E-state index contributed by atoms with van der Waals surface area (Å²) < 4.78 is 0. The second-order valence-electron chi connectivity index (χ2n) is 8.07. The van der Waals surface area contributed by atoms with Crippen LogP contribution in [0.4, 0.5) is 5.69 Å². The maximum atomic E-state index is 12.2. The Labute approximate surface area is 156 Å². The van der Waals surface area contributed by atoms with Gasteiger partial charge < -0.3 is 5.32 Å². The van der Waals surface area contributed by atoms with Gasteiger partial charge in [-0.3, -0.25) is 24.5 Å². The Balaban J connectivity index is 1.24. The highest BCUT2D eigenvalue weighted by Crippen LogP contribution is 2.53. The number of hydrogen-bond acceptors (Lipinski definition) is 5. The van der Waals surface area contributed by atoms with E-state index in [1.165, 1.54) is 18.6 Å². The van der Waals surface area contributed by atoms with Gasteiger partial charge in [0.1, 0.15) is 0 Å². The summed E-state index contributed by atoms with van der Waals surface area (Å²) in [7, 11) is 0. The standard InChI is InChI=1S/C19H23N3O5/c23-18(20-17-14-6-12-5-13(8-14)9-15(17)7-12)19(24)21-27-10-11-1-3-16(4-2-11)22(25)26/h1-4,12-15,17H,5-10H2,(H,20,23)(H,21,24). The molecule has 4 saturated carbocycles. The summed E-state index contributed by atoms with van der Waals surface area (Å²) in [5.41, 5.74) is 2.80. The van der Waals surface area contributed by atoms with Crippen molar-refractivity contribution in [3.63, 3.8) is 0 Å². The number of nitro benzene ring substituents is 1. The SMILES string of the molecule is O=C(NOCc1ccc([N+](=O)[O-])cc1)C(=O)NC1C2CC3CC(C2)CC1C3. The maximum Gasteiger partial charge on any atom is 0.332 e. The molecule has 27 heavy (non-hydrogen) atoms. The van der Waals surface area contributed by atoms with Crippen molar-refractivity contribution < 1.29 is 19.3 Å². The zero-order chi connectivity index (χ0) is 19.0. The van der Waals surface area contributed by atoms with Gasteiger partial charge in [0.25, 0.3) is 5.69 Å². The van der Waals surface area contributed by atoms with Crippen molar-refractivity contribution in [1.82, 2.24) is 10.8 Å². The normalized spacial score (nSPS) is 30.7. The molecular formula is C19H23N3O5. The van der Waals surface area contributed by atoms with Crippen LogP contribution in [-0.4, -0.2) is 22.8 Å². The second kappa shape index (κ2) is 7.26. The lowest BCUT2D eigenvalue weighted by molar-refractivity contribution is -0.384. The number of nitrogens with one attached hydrogen (secondary N) is 2. The summed E-state index contributed by atoms with van der Waals surface area (Å²) in [4.78, 5) is 39.4. The van der Waals surface area contributed by atoms with E-state index in [4.69, 9.17) is 4.84 Å². The molecule has 0 unspecified atom stereocenters. The van der Waals surface area contributed by atoms with Gasteiger partial charge in [-0.2, -0.15) is 0 Å². The minimum absolute atomic E-state index is 0.0159. The number of carbonyl (C=O) groups is 2. The Bertz CT molecular complexity index is 720. The topological polar surface area (TPSA) is 111 Å². The van der Waals surface area contributed by atoms with Crippen LogP contribution < -0.4 is 10.8 Å². The number of hydrogen-bond donors (Lipinski definition) is 2. The molecule has 0 aromatic heterocycles. The number of non-ortho nitro benzene ring substituents is 1. The average Bonchev–Trinajstić information content (AvgIpc) is 2.64. The monoisotopic (exact) mass is 373 g/mol. The fraction of sp³-hybridized carbons (Fsp3) is 0.579. The van der Waals surface area contributed by atoms with Crippen molar-refractivity contribution >= 4 is 17.5 Å². The molecule has 2 N–H and O–H groups in total. The van der Waals surface area contributed by atoms with Crippen LogP contribution in [0.25, 0.3) is 0 Å². The molecule has 1 aromatic rings. The summed E-state index contributed by atoms with van der Waals surface area (Å²) in [5, 5.41) is 13.5. The van der Waals surface area contributed by atoms with E-state index in [9.17, 15) is 19.7 Å². The van der Waals surface area contributed by atoms with Gasteiger partial charge in [-0.05, 0) is 73.5 Å². The Morgan fingerprint density at radius 2 is 1.59 bits per heavy atom. The lowest BCUT2D eigenvalue weighted by atomic mass is 9.54. The zero-order valence-corrected chi connectivity index (χ0v) is 14.9. The van der Waals surface area contributed by atoms with E-state index >= 15 is 0 Å². The Kier molecular flexibility index (Phi) is 4.82. The highest BCUT2D eigenvalue weighted by Gasteiger charge is 2.48. The lowest BCUT2D eigenvalue weighted by Gasteiger charge is -2.54. The summed E-state index contributed by atoms with van der Waals surface area (Å²) in [6, 6.07) is 5.91. The first kappa shape index (κ1) is 17.9. The molecule has 4 bridgehead atoms. The molecule has 0 spiro atoms. The first-order valence-electron chi connectivity index (χ1n) is 9.45. The highest BCUT2D eigenvalue weighted by molar-refractivity contribution is 6.34. The van der Waals surface area contributed by atoms with Crippen LogP contribution >= 0.6 is 0 Å². The van der Waals surface area contributed by atoms with Crippen molar-refractivity contribution in [2.24, 2.45) is 23.7 Å². The zero-order valence-electron chi connectivity index (χ0n) is 14.9. The molecule has 144 valence electrons. The molecular weight excluding hydrogens is 350 g/mol. The third-order valence-corrected chi connectivity index (χ3v) is 6.28. The van der Waals surface area contributed by atoms with Crippen molar-refractivity contribution in [3.8, 4) is 0 Å². The quantitative estimate of drug-likeness (QED) is 0.466. The minimum atomic E-state index is -0.814. The van der Waals surface area contributed by atoms with Crippen LogP contribution in [0.5, 0.6) is 0 Å². The molecule has 1 aromatic carbocycles. The number of benzene rings is 1. The molecule has 0 saturated heterocycles. The third kappa shape index (κ3) is 3.80. The van der Waals surface area contributed by atoms with E-state index in [0.29, 0.717) is 17.4 Å². The van der Waals surface area contributed by atoms with Crippen LogP contribution in [0.15, 0.2) is 24.3 Å². The van der Waals surface area contributed by atoms with Gasteiger partial charge in [0.2, 0.25) is 0 Å². The van der Waals surface area contributed by atoms with Gasteiger partial charge in [-0.25, -0.2) is 5.48 Å². The molecule has 2 amide bonds. The van der Waals surface area contributed by atoms with Crippen molar-refractivity contribution in [2.45, 2.75) is 44.8 Å². The molecule has 8 nitrogen and oxygen atoms in total. The number of amides is 2. The third-order valence-electron chi connectivity index (χ3n) is 6.28. The van der Waals surface area contributed by atoms with E-state index in [-0.39, 0.29) is 18.3 Å². The lowest BCUT2D eigenvalue weighted by Crippen LogP contribution is -2.57. The van der Waals surface area contributed by atoms with Crippen LogP contribution in [-0.2, 0) is 21.0 Å². The summed E-state index contributed by atoms with van der Waals surface area (Å²) in [6.07, 6.45) is 5.99. The Morgan fingerprint density at radius 1 is 1.00 bits per heavy atom. The van der Waals surface area contributed by atoms with Crippen molar-refractivity contribution in [3.05, 3.63) is 39.9 Å². The predicted octanol–water partition coefficient (Wildman–Crippen LogP) is 2.08. The van der Waals surface area contributed by atoms with Gasteiger partial charge in [0, 0.05) is 18.2 Å². The Morgan fingerprint density at radius 3 is 2.15 bits per heavy atom. The van der Waals surface area contributed by atoms with Crippen LogP contribution in [0, 0.1) is 33.8 Å². The van der Waals surface area contributed by atoms with Gasteiger partial charge in [0.05, 0.1) is 11.5 Å². The fourth-order valence-electron chi connectivity index (χ4n) is 5.32. The van der Waals surface area contributed by atoms with Crippen LogP contribution in [0.1, 0.15) is 37.7 Å². The van der Waals surface area contributed by atoms with Crippen LogP contribution in [0.2, 0.25) is 0 Å². The van der Waals surface area contributed by atoms with Gasteiger partial charge in [-0.1, -0.05) is 0 Å². The number of rotatable bonds is 5. The molecule has 4 fully saturated rings. The molecule has 4 aliphatic carbocycles. The molecule has 0 heterocycles. The molecule has 0 aliphatic heterocycles. The average molecular weight is 373 g/mol. The fourth-order valence-corrected chi connectivity index (χ4v) is 5.32. The smallest absolute Gasteiger partial charge is 0.332 e. The minimum Gasteiger partial charge on any atom is -0.344 e. The molecule has 4 aliphatic rings. The second-order valence-corrected chi connectivity index (χ2v) is 8.07. The number of hydroxylamine groups is 1. The van der Waals surface area contributed by atoms with E-state index in [1.807, 2.05) is 0 Å². The van der Waals surface area contributed by atoms with Crippen molar-refractivity contribution in [1.29, 1.82) is 0 Å². The van der Waals surface area contributed by atoms with E-state index in [0.717, 1.165) is 37.5 Å². The number of nitro groups is 1. The number of nitrogens with zero attached hydrogens (tertiary/aromatic N) is 1. The van der Waals surface area contributed by atoms with Crippen molar-refractivity contribution in [2.75, 3.05) is 0 Å². The Hall–Kier alpha value is -2.48.